The molecule has 0 radical (unpaired) electrons. The number of benzene rings is 2. The van der Waals surface area contributed by atoms with E-state index in [0.29, 0.717) is 29.2 Å². The number of aromatic nitrogens is 1. The lowest BCUT2D eigenvalue weighted by atomic mass is 9.97. The number of hydrogen-bond donors (Lipinski definition) is 1. The maximum absolute atomic E-state index is 13.4. The Balaban J connectivity index is 1.79. The van der Waals surface area contributed by atoms with E-state index in [9.17, 15) is 19.1 Å². The van der Waals surface area contributed by atoms with E-state index in [1.807, 2.05) is 13.8 Å². The highest BCUT2D eigenvalue weighted by atomic mass is 19.1. The number of aryl methyl sites for hydroxylation is 1. The number of hydrogen-bond acceptors (Lipinski definition) is 5. The number of pyridine rings is 1. The number of ether oxygens (including phenoxy) is 1. The Morgan fingerprint density at radius 3 is 2.53 bits per heavy atom. The Hall–Kier alpha value is -4.00. The maximum atomic E-state index is 13.4. The largest absolute Gasteiger partial charge is 0.507 e. The molecule has 6 nitrogen and oxygen atoms in total. The predicted molar refractivity (Wildman–Crippen MR) is 125 cm³/mol. The van der Waals surface area contributed by atoms with E-state index in [2.05, 4.69) is 4.98 Å². The summed E-state index contributed by atoms with van der Waals surface area (Å²) in [6.45, 7) is 4.50. The number of ketones is 1. The van der Waals surface area contributed by atoms with E-state index >= 15 is 0 Å². The fourth-order valence-corrected chi connectivity index (χ4v) is 4.00. The smallest absolute Gasteiger partial charge is 0.296 e. The van der Waals surface area contributed by atoms with Crippen LogP contribution < -0.4 is 4.74 Å². The topological polar surface area (TPSA) is 79.7 Å². The lowest BCUT2D eigenvalue weighted by molar-refractivity contribution is -0.140. The van der Waals surface area contributed by atoms with Gasteiger partial charge in [-0.1, -0.05) is 25.1 Å². The van der Waals surface area contributed by atoms with Gasteiger partial charge in [-0.2, -0.15) is 0 Å². The van der Waals surface area contributed by atoms with Crippen LogP contribution in [0.3, 0.4) is 0 Å². The van der Waals surface area contributed by atoms with Crippen LogP contribution >= 0.6 is 0 Å². The highest BCUT2D eigenvalue weighted by Crippen LogP contribution is 2.40. The molecule has 4 rings (SSSR count). The average molecular weight is 461 g/mol. The molecule has 1 unspecified atom stereocenters. The minimum Gasteiger partial charge on any atom is -0.507 e. The zero-order chi connectivity index (χ0) is 24.2. The molecule has 0 saturated carbocycles. The van der Waals surface area contributed by atoms with E-state index in [1.54, 1.807) is 54.7 Å². The van der Waals surface area contributed by atoms with Crippen molar-refractivity contribution < 1.29 is 23.8 Å². The molecule has 1 saturated heterocycles. The van der Waals surface area contributed by atoms with Gasteiger partial charge in [0.2, 0.25) is 0 Å². The fourth-order valence-electron chi connectivity index (χ4n) is 4.00. The van der Waals surface area contributed by atoms with Crippen molar-refractivity contribution in [2.75, 3.05) is 6.61 Å². The molecule has 1 aliphatic heterocycles. The van der Waals surface area contributed by atoms with E-state index < -0.39 is 23.5 Å². The first-order valence-electron chi connectivity index (χ1n) is 11.1. The molecule has 1 amide bonds. The lowest BCUT2D eigenvalue weighted by Crippen LogP contribution is -2.29. The van der Waals surface area contributed by atoms with Gasteiger partial charge in [0, 0.05) is 18.3 Å². The molecule has 0 spiro atoms. The number of halogens is 1. The van der Waals surface area contributed by atoms with Crippen LogP contribution in [-0.4, -0.2) is 33.3 Å². The second-order valence-corrected chi connectivity index (χ2v) is 8.14. The summed E-state index contributed by atoms with van der Waals surface area (Å²) in [5.41, 5.74) is 2.27. The molecule has 2 aromatic carbocycles. The minimum absolute atomic E-state index is 0.0348. The Morgan fingerprint density at radius 1 is 1.12 bits per heavy atom. The standard InChI is InChI=1S/C27H25FN2O4/c1-3-14-34-22-12-9-19(15-17(22)2)25(31)23-24(21-6-4-5-13-29-21)30(27(33)26(23)32)16-18-7-10-20(28)11-8-18/h4-13,15,24,31H,3,14,16H2,1-2H3/b25-23-. The number of carbonyl (C=O) groups excluding carboxylic acids is 2. The van der Waals surface area contributed by atoms with Crippen molar-refractivity contribution in [3.8, 4) is 5.75 Å². The molecule has 3 aromatic rings. The summed E-state index contributed by atoms with van der Waals surface area (Å²) in [5, 5.41) is 11.2. The number of carbonyl (C=O) groups is 2. The minimum atomic E-state index is -0.887. The van der Waals surface area contributed by atoms with Crippen LogP contribution in [-0.2, 0) is 16.1 Å². The molecular formula is C27H25FN2O4. The molecule has 2 heterocycles. The molecule has 1 fully saturated rings. The highest BCUT2D eigenvalue weighted by Gasteiger charge is 2.46. The maximum Gasteiger partial charge on any atom is 0.296 e. The van der Waals surface area contributed by atoms with Gasteiger partial charge in [0.15, 0.2) is 0 Å². The predicted octanol–water partition coefficient (Wildman–Crippen LogP) is 4.94. The number of nitrogens with zero attached hydrogens (tertiary/aromatic N) is 2. The average Bonchev–Trinajstić information content (AvgIpc) is 3.09. The molecule has 0 bridgehead atoms. The third kappa shape index (κ3) is 4.55. The summed E-state index contributed by atoms with van der Waals surface area (Å²) in [6, 6.07) is 15.1. The number of amides is 1. The normalized spacial score (nSPS) is 17.3. The summed E-state index contributed by atoms with van der Waals surface area (Å²) in [4.78, 5) is 31.9. The van der Waals surface area contributed by atoms with Crippen LogP contribution in [0.25, 0.3) is 5.76 Å². The Labute approximate surface area is 197 Å². The van der Waals surface area contributed by atoms with Crippen LogP contribution in [0.2, 0.25) is 0 Å². The van der Waals surface area contributed by atoms with Gasteiger partial charge in [-0.3, -0.25) is 14.6 Å². The third-order valence-electron chi connectivity index (χ3n) is 5.68. The van der Waals surface area contributed by atoms with Gasteiger partial charge in [0.25, 0.3) is 11.7 Å². The van der Waals surface area contributed by atoms with Crippen molar-refractivity contribution in [2.45, 2.75) is 32.9 Å². The van der Waals surface area contributed by atoms with Gasteiger partial charge < -0.3 is 14.7 Å². The first kappa shape index (κ1) is 23.2. The van der Waals surface area contributed by atoms with Crippen LogP contribution in [0, 0.1) is 12.7 Å². The first-order chi connectivity index (χ1) is 16.4. The Kier molecular flexibility index (Phi) is 6.72. The van der Waals surface area contributed by atoms with Gasteiger partial charge >= 0.3 is 0 Å². The SMILES string of the molecule is CCCOc1ccc(/C(O)=C2/C(=O)C(=O)N(Cc3ccc(F)cc3)C2c2ccccn2)cc1C. The molecule has 0 aliphatic carbocycles. The zero-order valence-electron chi connectivity index (χ0n) is 19.0. The Morgan fingerprint density at radius 2 is 1.88 bits per heavy atom. The molecule has 174 valence electrons. The second-order valence-electron chi connectivity index (χ2n) is 8.14. The molecule has 7 heteroatoms. The molecule has 1 N–H and O–H groups in total. The van der Waals surface area contributed by atoms with Crippen LogP contribution in [0.1, 0.15) is 41.8 Å². The summed E-state index contributed by atoms with van der Waals surface area (Å²) in [7, 11) is 0. The van der Waals surface area contributed by atoms with Crippen molar-refractivity contribution in [1.29, 1.82) is 0 Å². The fraction of sp³-hybridized carbons (Fsp3) is 0.222. The second kappa shape index (κ2) is 9.87. The van der Waals surface area contributed by atoms with Crippen molar-refractivity contribution in [3.05, 3.63) is 101 Å². The van der Waals surface area contributed by atoms with E-state index in [1.165, 1.54) is 17.0 Å². The van der Waals surface area contributed by atoms with Gasteiger partial charge in [-0.15, -0.1) is 0 Å². The number of aliphatic hydroxyl groups excluding tert-OH is 1. The molecule has 1 aliphatic rings. The quantitative estimate of drug-likeness (QED) is 0.307. The lowest BCUT2D eigenvalue weighted by Gasteiger charge is -2.24. The summed E-state index contributed by atoms with van der Waals surface area (Å²) >= 11 is 0. The van der Waals surface area contributed by atoms with E-state index in [4.69, 9.17) is 4.74 Å². The first-order valence-corrected chi connectivity index (χ1v) is 11.1. The van der Waals surface area contributed by atoms with Crippen molar-refractivity contribution in [3.63, 3.8) is 0 Å². The summed E-state index contributed by atoms with van der Waals surface area (Å²) in [6.07, 6.45) is 2.43. The van der Waals surface area contributed by atoms with Gasteiger partial charge in [0.1, 0.15) is 23.4 Å². The molecular weight excluding hydrogens is 435 g/mol. The van der Waals surface area contributed by atoms with Crippen molar-refractivity contribution in [2.24, 2.45) is 0 Å². The van der Waals surface area contributed by atoms with E-state index in [-0.39, 0.29) is 17.9 Å². The van der Waals surface area contributed by atoms with E-state index in [0.717, 1.165) is 12.0 Å². The van der Waals surface area contributed by atoms with Crippen LogP contribution in [0.5, 0.6) is 5.75 Å². The third-order valence-corrected chi connectivity index (χ3v) is 5.68. The molecule has 1 aromatic heterocycles. The van der Waals surface area contributed by atoms with Gasteiger partial charge in [-0.05, 0) is 66.9 Å². The zero-order valence-corrected chi connectivity index (χ0v) is 19.0. The van der Waals surface area contributed by atoms with Crippen molar-refractivity contribution in [1.82, 2.24) is 9.88 Å². The van der Waals surface area contributed by atoms with Crippen LogP contribution in [0.4, 0.5) is 4.39 Å². The van der Waals surface area contributed by atoms with Gasteiger partial charge in [-0.25, -0.2) is 4.39 Å². The summed E-state index contributed by atoms with van der Waals surface area (Å²) < 4.78 is 19.1. The Bertz CT molecular complexity index is 1240. The highest BCUT2D eigenvalue weighted by molar-refractivity contribution is 6.46. The number of aliphatic hydroxyl groups is 1. The molecule has 34 heavy (non-hydrogen) atoms. The number of rotatable bonds is 7. The summed E-state index contributed by atoms with van der Waals surface area (Å²) in [5.74, 6) is -1.52. The molecule has 1 atom stereocenters. The number of likely N-dealkylation sites (tertiary alicyclic amines) is 1. The van der Waals surface area contributed by atoms with Gasteiger partial charge in [0.05, 0.1) is 17.9 Å². The number of Topliss-reactive ketones (excluding diaryl/α,β-unsaturated/α-hetero) is 1. The van der Waals surface area contributed by atoms with Crippen molar-refractivity contribution >= 4 is 17.4 Å². The monoisotopic (exact) mass is 460 g/mol. The van der Waals surface area contributed by atoms with Crippen LogP contribution in [0.15, 0.2) is 72.4 Å².